The molecular formula is C19H22FNO. The number of nitrogens with one attached hydrogen (secondary N) is 1. The average molecular weight is 299 g/mol. The number of benzene rings is 2. The van der Waals surface area contributed by atoms with E-state index in [2.05, 4.69) is 36.5 Å². The van der Waals surface area contributed by atoms with Crippen LogP contribution in [0.2, 0.25) is 0 Å². The van der Waals surface area contributed by atoms with Gasteiger partial charge in [0.15, 0.2) is 0 Å². The van der Waals surface area contributed by atoms with Crippen LogP contribution in [0, 0.1) is 12.7 Å². The van der Waals surface area contributed by atoms with Gasteiger partial charge in [-0.1, -0.05) is 48.9 Å². The third-order valence-electron chi connectivity index (χ3n) is 3.78. The van der Waals surface area contributed by atoms with Crippen LogP contribution >= 0.6 is 0 Å². The highest BCUT2D eigenvalue weighted by Gasteiger charge is 2.12. The van der Waals surface area contributed by atoms with Gasteiger partial charge in [0, 0.05) is 6.42 Å². The maximum Gasteiger partial charge on any atom is 0.220 e. The quantitative estimate of drug-likeness (QED) is 0.845. The van der Waals surface area contributed by atoms with Gasteiger partial charge in [-0.05, 0) is 43.0 Å². The van der Waals surface area contributed by atoms with Crippen molar-refractivity contribution in [1.29, 1.82) is 0 Å². The number of rotatable bonds is 6. The topological polar surface area (TPSA) is 29.1 Å². The van der Waals surface area contributed by atoms with Gasteiger partial charge >= 0.3 is 0 Å². The molecule has 0 unspecified atom stereocenters. The summed E-state index contributed by atoms with van der Waals surface area (Å²) in [4.78, 5) is 12.1. The predicted octanol–water partition coefficient (Wildman–Crippen LogP) is 4.33. The highest BCUT2D eigenvalue weighted by molar-refractivity contribution is 5.76. The normalized spacial score (nSPS) is 12.0. The Balaban J connectivity index is 1.89. The molecule has 0 bridgehead atoms. The van der Waals surface area contributed by atoms with Crippen LogP contribution in [0.3, 0.4) is 0 Å². The molecule has 1 atom stereocenters. The SMILES string of the molecule is CC[C@@H](NC(=O)CCc1ccc(F)cc1)c1ccc(C)cc1. The Morgan fingerprint density at radius 3 is 2.32 bits per heavy atom. The zero-order valence-electron chi connectivity index (χ0n) is 13.1. The summed E-state index contributed by atoms with van der Waals surface area (Å²) < 4.78 is 12.8. The predicted molar refractivity (Wildman–Crippen MR) is 87.1 cm³/mol. The van der Waals surface area contributed by atoms with E-state index in [1.807, 2.05) is 6.92 Å². The molecule has 0 fully saturated rings. The van der Waals surface area contributed by atoms with Gasteiger partial charge in [0.1, 0.15) is 5.82 Å². The van der Waals surface area contributed by atoms with Crippen LogP contribution in [0.15, 0.2) is 48.5 Å². The van der Waals surface area contributed by atoms with Crippen molar-refractivity contribution < 1.29 is 9.18 Å². The van der Waals surface area contributed by atoms with Gasteiger partial charge in [-0.3, -0.25) is 4.79 Å². The number of aryl methyl sites for hydroxylation is 2. The average Bonchev–Trinajstić information content (AvgIpc) is 2.53. The van der Waals surface area contributed by atoms with Crippen molar-refractivity contribution >= 4 is 5.91 Å². The molecule has 3 heteroatoms. The Morgan fingerprint density at radius 2 is 1.73 bits per heavy atom. The molecule has 116 valence electrons. The zero-order chi connectivity index (χ0) is 15.9. The molecule has 2 nitrogen and oxygen atoms in total. The first-order chi connectivity index (χ1) is 10.6. The summed E-state index contributed by atoms with van der Waals surface area (Å²) in [6.07, 6.45) is 1.88. The summed E-state index contributed by atoms with van der Waals surface area (Å²) >= 11 is 0. The van der Waals surface area contributed by atoms with Gasteiger partial charge < -0.3 is 5.32 Å². The number of amides is 1. The third-order valence-corrected chi connectivity index (χ3v) is 3.78. The molecule has 2 aromatic carbocycles. The number of carbonyl (C=O) groups excluding carboxylic acids is 1. The van der Waals surface area contributed by atoms with Crippen LogP contribution in [-0.2, 0) is 11.2 Å². The Kier molecular flexibility index (Phi) is 5.70. The zero-order valence-corrected chi connectivity index (χ0v) is 13.1. The van der Waals surface area contributed by atoms with E-state index in [4.69, 9.17) is 0 Å². The maximum absolute atomic E-state index is 12.8. The van der Waals surface area contributed by atoms with Crippen molar-refractivity contribution in [2.75, 3.05) is 0 Å². The van der Waals surface area contributed by atoms with E-state index in [-0.39, 0.29) is 17.8 Å². The summed E-state index contributed by atoms with van der Waals surface area (Å²) in [6.45, 7) is 4.11. The minimum Gasteiger partial charge on any atom is -0.349 e. The van der Waals surface area contributed by atoms with Crippen LogP contribution < -0.4 is 5.32 Å². The fraction of sp³-hybridized carbons (Fsp3) is 0.316. The van der Waals surface area contributed by atoms with Crippen molar-refractivity contribution in [3.05, 3.63) is 71.0 Å². The van der Waals surface area contributed by atoms with Crippen LogP contribution in [0.4, 0.5) is 4.39 Å². The molecule has 22 heavy (non-hydrogen) atoms. The van der Waals surface area contributed by atoms with E-state index in [9.17, 15) is 9.18 Å². The maximum atomic E-state index is 12.8. The van der Waals surface area contributed by atoms with Crippen molar-refractivity contribution in [3.8, 4) is 0 Å². The molecule has 1 N–H and O–H groups in total. The Labute approximate surface area is 131 Å². The molecule has 0 saturated carbocycles. The fourth-order valence-corrected chi connectivity index (χ4v) is 2.40. The van der Waals surface area contributed by atoms with Crippen LogP contribution in [0.1, 0.15) is 42.5 Å². The Hall–Kier alpha value is -2.16. The lowest BCUT2D eigenvalue weighted by Gasteiger charge is -2.17. The van der Waals surface area contributed by atoms with Gasteiger partial charge in [0.25, 0.3) is 0 Å². The molecule has 0 aromatic heterocycles. The van der Waals surface area contributed by atoms with E-state index < -0.39 is 0 Å². The first-order valence-electron chi connectivity index (χ1n) is 7.69. The van der Waals surface area contributed by atoms with Crippen molar-refractivity contribution in [2.45, 2.75) is 39.2 Å². The van der Waals surface area contributed by atoms with E-state index in [1.54, 1.807) is 12.1 Å². The number of hydrogen-bond donors (Lipinski definition) is 1. The van der Waals surface area contributed by atoms with Gasteiger partial charge in [0.05, 0.1) is 6.04 Å². The molecule has 0 saturated heterocycles. The molecular weight excluding hydrogens is 277 g/mol. The van der Waals surface area contributed by atoms with Crippen LogP contribution in [0.5, 0.6) is 0 Å². The molecule has 2 rings (SSSR count). The Morgan fingerprint density at radius 1 is 1.09 bits per heavy atom. The van der Waals surface area contributed by atoms with Crippen molar-refractivity contribution in [2.24, 2.45) is 0 Å². The standard InChI is InChI=1S/C19H22FNO/c1-3-18(16-9-4-14(2)5-10-16)21-19(22)13-8-15-6-11-17(20)12-7-15/h4-7,9-12,18H,3,8,13H2,1-2H3,(H,21,22)/t18-/m1/s1. The van der Waals surface area contributed by atoms with Crippen LogP contribution in [-0.4, -0.2) is 5.91 Å². The van der Waals surface area contributed by atoms with E-state index >= 15 is 0 Å². The monoisotopic (exact) mass is 299 g/mol. The second-order valence-corrected chi connectivity index (χ2v) is 5.57. The molecule has 0 aliphatic carbocycles. The largest absolute Gasteiger partial charge is 0.349 e. The summed E-state index contributed by atoms with van der Waals surface area (Å²) in [7, 11) is 0. The third kappa shape index (κ3) is 4.69. The van der Waals surface area contributed by atoms with Gasteiger partial charge in [0.2, 0.25) is 5.91 Å². The lowest BCUT2D eigenvalue weighted by atomic mass is 10.0. The van der Waals surface area contributed by atoms with Crippen molar-refractivity contribution in [1.82, 2.24) is 5.32 Å². The molecule has 1 amide bonds. The summed E-state index contributed by atoms with van der Waals surface area (Å²) in [5, 5.41) is 3.07. The van der Waals surface area contributed by atoms with E-state index in [1.165, 1.54) is 17.7 Å². The molecule has 0 heterocycles. The lowest BCUT2D eigenvalue weighted by Crippen LogP contribution is -2.28. The summed E-state index contributed by atoms with van der Waals surface area (Å²) in [6, 6.07) is 14.6. The van der Waals surface area contributed by atoms with E-state index in [0.717, 1.165) is 17.5 Å². The number of carbonyl (C=O) groups is 1. The lowest BCUT2D eigenvalue weighted by molar-refractivity contribution is -0.121. The number of hydrogen-bond acceptors (Lipinski definition) is 1. The minimum absolute atomic E-state index is 0.0248. The molecule has 0 radical (unpaired) electrons. The van der Waals surface area contributed by atoms with Gasteiger partial charge in [-0.25, -0.2) is 4.39 Å². The van der Waals surface area contributed by atoms with Crippen molar-refractivity contribution in [3.63, 3.8) is 0 Å². The molecule has 0 aliphatic heterocycles. The van der Waals surface area contributed by atoms with E-state index in [0.29, 0.717) is 12.8 Å². The second kappa shape index (κ2) is 7.74. The summed E-state index contributed by atoms with van der Waals surface area (Å²) in [5.41, 5.74) is 3.31. The highest BCUT2D eigenvalue weighted by Crippen LogP contribution is 2.17. The first-order valence-corrected chi connectivity index (χ1v) is 7.69. The van der Waals surface area contributed by atoms with Crippen LogP contribution in [0.25, 0.3) is 0 Å². The fourth-order valence-electron chi connectivity index (χ4n) is 2.40. The highest BCUT2D eigenvalue weighted by atomic mass is 19.1. The smallest absolute Gasteiger partial charge is 0.220 e. The molecule has 0 spiro atoms. The molecule has 2 aromatic rings. The van der Waals surface area contributed by atoms with Gasteiger partial charge in [-0.2, -0.15) is 0 Å². The molecule has 0 aliphatic rings. The minimum atomic E-state index is -0.251. The number of halogens is 1. The first kappa shape index (κ1) is 16.2. The van der Waals surface area contributed by atoms with Gasteiger partial charge in [-0.15, -0.1) is 0 Å². The summed E-state index contributed by atoms with van der Waals surface area (Å²) in [5.74, 6) is -0.227. The second-order valence-electron chi connectivity index (χ2n) is 5.57. The Bertz CT molecular complexity index is 604.